The number of allylic oxidation sites excluding steroid dienone is 5. The van der Waals surface area contributed by atoms with E-state index in [9.17, 15) is 0 Å². The van der Waals surface area contributed by atoms with Gasteiger partial charge in [-0.1, -0.05) is 78.9 Å². The molecule has 0 unspecified atom stereocenters. The molecular formula is C31H24N2. The number of hydrogen-bond acceptors (Lipinski definition) is 1. The molecule has 0 fully saturated rings. The van der Waals surface area contributed by atoms with E-state index in [4.69, 9.17) is 4.98 Å². The smallest absolute Gasteiger partial charge is 0.145 e. The van der Waals surface area contributed by atoms with Gasteiger partial charge in [-0.3, -0.25) is 4.40 Å². The zero-order valence-electron chi connectivity index (χ0n) is 18.5. The van der Waals surface area contributed by atoms with Gasteiger partial charge >= 0.3 is 0 Å². The molecule has 0 bridgehead atoms. The first-order valence-corrected chi connectivity index (χ1v) is 11.9. The molecule has 158 valence electrons. The van der Waals surface area contributed by atoms with Crippen LogP contribution in [-0.2, 0) is 6.42 Å². The Labute approximate surface area is 193 Å². The number of aromatic nitrogens is 2. The minimum absolute atomic E-state index is 1.00. The van der Waals surface area contributed by atoms with Gasteiger partial charge in [-0.15, -0.1) is 0 Å². The number of imidazole rings is 1. The fourth-order valence-corrected chi connectivity index (χ4v) is 5.40. The quantitative estimate of drug-likeness (QED) is 0.262. The molecule has 0 spiro atoms. The van der Waals surface area contributed by atoms with Crippen LogP contribution in [0, 0.1) is 0 Å². The van der Waals surface area contributed by atoms with E-state index in [0.29, 0.717) is 0 Å². The van der Waals surface area contributed by atoms with Crippen LogP contribution in [0.3, 0.4) is 0 Å². The number of rotatable bonds is 2. The first-order chi connectivity index (χ1) is 16.4. The highest BCUT2D eigenvalue weighted by Gasteiger charge is 2.19. The molecular weight excluding hydrogens is 400 g/mol. The summed E-state index contributed by atoms with van der Waals surface area (Å²) in [6, 6.07) is 24.4. The topological polar surface area (TPSA) is 17.3 Å². The highest BCUT2D eigenvalue weighted by Crippen LogP contribution is 2.37. The highest BCUT2D eigenvalue weighted by atomic mass is 15.0. The minimum atomic E-state index is 1.00. The van der Waals surface area contributed by atoms with Crippen molar-refractivity contribution in [3.8, 4) is 11.1 Å². The molecule has 2 nitrogen and oxygen atoms in total. The Kier molecular flexibility index (Phi) is 4.13. The van der Waals surface area contributed by atoms with E-state index in [1.165, 1.54) is 55.3 Å². The Bertz CT molecular complexity index is 1650. The Morgan fingerprint density at radius 2 is 1.52 bits per heavy atom. The zero-order valence-corrected chi connectivity index (χ0v) is 18.5. The Hall–Kier alpha value is -3.91. The molecule has 7 rings (SSSR count). The van der Waals surface area contributed by atoms with E-state index >= 15 is 0 Å². The fourth-order valence-electron chi connectivity index (χ4n) is 5.40. The van der Waals surface area contributed by atoms with Crippen molar-refractivity contribution in [2.24, 2.45) is 0 Å². The van der Waals surface area contributed by atoms with Gasteiger partial charge in [-0.05, 0) is 71.5 Å². The van der Waals surface area contributed by atoms with E-state index in [0.717, 1.165) is 31.3 Å². The summed E-state index contributed by atoms with van der Waals surface area (Å²) in [5.41, 5.74) is 9.80. The summed E-state index contributed by atoms with van der Waals surface area (Å²) < 4.78 is 2.39. The summed E-state index contributed by atoms with van der Waals surface area (Å²) in [5, 5.41) is 3.78. The fraction of sp³-hybridized carbons (Fsp3) is 0.129. The van der Waals surface area contributed by atoms with Crippen LogP contribution in [0.15, 0.2) is 91.0 Å². The molecule has 2 heteroatoms. The van der Waals surface area contributed by atoms with Gasteiger partial charge < -0.3 is 0 Å². The normalized spacial score (nSPS) is 15.3. The van der Waals surface area contributed by atoms with Crippen molar-refractivity contribution in [3.63, 3.8) is 0 Å². The minimum Gasteiger partial charge on any atom is -0.292 e. The molecule has 5 aromatic rings. The summed E-state index contributed by atoms with van der Waals surface area (Å²) >= 11 is 0. The second-order valence-corrected chi connectivity index (χ2v) is 9.04. The van der Waals surface area contributed by atoms with Crippen LogP contribution in [0.1, 0.15) is 36.2 Å². The average molecular weight is 425 g/mol. The van der Waals surface area contributed by atoms with Crippen molar-refractivity contribution in [2.45, 2.75) is 25.7 Å². The maximum atomic E-state index is 5.19. The lowest BCUT2D eigenvalue weighted by Crippen LogP contribution is -1.97. The summed E-state index contributed by atoms with van der Waals surface area (Å²) in [7, 11) is 0. The number of hydrogen-bond donors (Lipinski definition) is 0. The number of nitrogens with zero attached hydrogens (tertiary/aromatic N) is 2. The van der Waals surface area contributed by atoms with E-state index in [1.54, 1.807) is 0 Å². The van der Waals surface area contributed by atoms with Crippen LogP contribution in [0.5, 0.6) is 0 Å². The van der Waals surface area contributed by atoms with E-state index in [-0.39, 0.29) is 0 Å². The van der Waals surface area contributed by atoms with Crippen LogP contribution in [0.4, 0.5) is 0 Å². The molecule has 2 aliphatic rings. The third-order valence-corrected chi connectivity index (χ3v) is 7.04. The third-order valence-electron chi connectivity index (χ3n) is 7.04. The lowest BCUT2D eigenvalue weighted by atomic mass is 9.95. The van der Waals surface area contributed by atoms with Gasteiger partial charge in [0.2, 0.25) is 0 Å². The maximum absolute atomic E-state index is 5.19. The van der Waals surface area contributed by atoms with Crippen LogP contribution >= 0.6 is 0 Å². The van der Waals surface area contributed by atoms with Crippen LogP contribution < -0.4 is 0 Å². The van der Waals surface area contributed by atoms with Gasteiger partial charge in [0.15, 0.2) is 0 Å². The van der Waals surface area contributed by atoms with Crippen LogP contribution in [0.2, 0.25) is 0 Å². The van der Waals surface area contributed by atoms with Crippen molar-refractivity contribution in [2.75, 3.05) is 0 Å². The molecule has 2 heterocycles. The Balaban J connectivity index is 1.59. The molecule has 3 aromatic carbocycles. The molecule has 0 amide bonds. The zero-order chi connectivity index (χ0) is 21.8. The second-order valence-electron chi connectivity index (χ2n) is 9.04. The van der Waals surface area contributed by atoms with E-state index in [1.807, 2.05) is 0 Å². The average Bonchev–Trinajstić information content (AvgIpc) is 3.29. The van der Waals surface area contributed by atoms with E-state index < -0.39 is 0 Å². The molecule has 33 heavy (non-hydrogen) atoms. The van der Waals surface area contributed by atoms with Crippen LogP contribution in [-0.4, -0.2) is 9.38 Å². The molecule has 0 saturated heterocycles. The van der Waals surface area contributed by atoms with Crippen LogP contribution in [0.25, 0.3) is 50.1 Å². The van der Waals surface area contributed by atoms with Gasteiger partial charge in [0, 0.05) is 10.8 Å². The lowest BCUT2D eigenvalue weighted by molar-refractivity contribution is 0.943. The molecule has 0 radical (unpaired) electrons. The van der Waals surface area contributed by atoms with Crippen molar-refractivity contribution < 1.29 is 0 Å². The molecule has 0 atom stereocenters. The maximum Gasteiger partial charge on any atom is 0.145 e. The van der Waals surface area contributed by atoms with Crippen molar-refractivity contribution in [1.29, 1.82) is 0 Å². The standard InChI is InChI=1S/C31H24N2/c1-3-9-21(10-4-1)23-15-17-25-26-18-16-24(22-11-5-2-6-12-22)20-30(26)33-29-14-8-7-13-28(29)32-31(33)27(25)19-23/h2-3,5-6,8-12,14-20H,1,4,7,13H2. The molecule has 0 aliphatic heterocycles. The molecule has 0 N–H and O–H groups in total. The highest BCUT2D eigenvalue weighted by molar-refractivity contribution is 6.13. The molecule has 2 aromatic heterocycles. The molecule has 2 aliphatic carbocycles. The summed E-state index contributed by atoms with van der Waals surface area (Å²) in [6.45, 7) is 0. The number of benzene rings is 3. The Morgan fingerprint density at radius 1 is 0.667 bits per heavy atom. The number of fused-ring (bicyclic) bond motifs is 8. The first kappa shape index (κ1) is 18.6. The van der Waals surface area contributed by atoms with Gasteiger partial charge in [-0.25, -0.2) is 4.98 Å². The van der Waals surface area contributed by atoms with Gasteiger partial charge in [-0.2, -0.15) is 0 Å². The number of aryl methyl sites for hydroxylation is 1. The number of pyridine rings is 1. The van der Waals surface area contributed by atoms with Crippen molar-refractivity contribution in [1.82, 2.24) is 9.38 Å². The summed E-state index contributed by atoms with van der Waals surface area (Å²) in [4.78, 5) is 5.19. The second kappa shape index (κ2) is 7.31. The van der Waals surface area contributed by atoms with Gasteiger partial charge in [0.25, 0.3) is 0 Å². The predicted molar refractivity (Wildman–Crippen MR) is 139 cm³/mol. The van der Waals surface area contributed by atoms with Gasteiger partial charge in [0.1, 0.15) is 5.65 Å². The third kappa shape index (κ3) is 2.91. The Morgan fingerprint density at radius 3 is 2.39 bits per heavy atom. The monoisotopic (exact) mass is 424 g/mol. The lowest BCUT2D eigenvalue weighted by Gasteiger charge is -2.14. The molecule has 0 saturated carbocycles. The summed E-state index contributed by atoms with van der Waals surface area (Å²) in [6.07, 6.45) is 15.7. The van der Waals surface area contributed by atoms with Gasteiger partial charge in [0.05, 0.1) is 16.9 Å². The van der Waals surface area contributed by atoms with Crippen molar-refractivity contribution in [3.05, 3.63) is 108 Å². The van der Waals surface area contributed by atoms with E-state index in [2.05, 4.69) is 102 Å². The largest absolute Gasteiger partial charge is 0.292 e. The predicted octanol–water partition coefficient (Wildman–Crippen LogP) is 8.00. The summed E-state index contributed by atoms with van der Waals surface area (Å²) in [5.74, 6) is 0. The van der Waals surface area contributed by atoms with Crippen molar-refractivity contribution >= 4 is 39.0 Å². The first-order valence-electron chi connectivity index (χ1n) is 11.9. The SMILES string of the molecule is C1=CC(c2ccc3c4ccc(-c5ccccc5)cc4n4c5c(nc4c3c2)CCC=C5)=CCC1.